The Kier molecular flexibility index (Phi) is 3.81. The highest BCUT2D eigenvalue weighted by Gasteiger charge is 2.17. The molecule has 1 fully saturated rings. The molecule has 1 aromatic rings. The van der Waals surface area contributed by atoms with Crippen molar-refractivity contribution in [2.45, 2.75) is 19.4 Å². The molecule has 1 saturated heterocycles. The molecule has 2 heterocycles. The van der Waals surface area contributed by atoms with Crippen molar-refractivity contribution in [3.8, 4) is 0 Å². The number of carbonyl (C=O) groups is 1. The third-order valence-electron chi connectivity index (χ3n) is 2.19. The molecular weight excluding hydrogens is 228 g/mol. The number of nitrogens with zero attached hydrogens (tertiary/aromatic N) is 2. The number of ether oxygens (including phenoxy) is 1. The molecule has 7 heteroatoms. The van der Waals surface area contributed by atoms with Gasteiger partial charge in [0.2, 0.25) is 11.0 Å². The van der Waals surface area contributed by atoms with Crippen LogP contribution in [0.2, 0.25) is 0 Å². The van der Waals surface area contributed by atoms with Crippen LogP contribution >= 0.6 is 11.3 Å². The zero-order chi connectivity index (χ0) is 11.4. The molecule has 2 N–H and O–H groups in total. The second kappa shape index (κ2) is 5.33. The minimum atomic E-state index is -0.0788. The summed E-state index contributed by atoms with van der Waals surface area (Å²) in [4.78, 5) is 11.6. The lowest BCUT2D eigenvalue weighted by atomic mass is 10.2. The fraction of sp³-hybridized carbons (Fsp3) is 0.667. The van der Waals surface area contributed by atoms with Gasteiger partial charge in [0.1, 0.15) is 5.01 Å². The molecule has 0 aromatic carbocycles. The van der Waals surface area contributed by atoms with Crippen molar-refractivity contribution >= 4 is 22.4 Å². The monoisotopic (exact) mass is 242 g/mol. The first-order valence-corrected chi connectivity index (χ1v) is 5.98. The topological polar surface area (TPSA) is 76.1 Å². The Hall–Kier alpha value is -1.05. The Balaban J connectivity index is 1.79. The van der Waals surface area contributed by atoms with Crippen molar-refractivity contribution < 1.29 is 9.53 Å². The largest absolute Gasteiger partial charge is 0.375 e. The van der Waals surface area contributed by atoms with Gasteiger partial charge in [0.25, 0.3) is 0 Å². The van der Waals surface area contributed by atoms with Gasteiger partial charge in [0.05, 0.1) is 19.1 Å². The molecule has 0 radical (unpaired) electrons. The highest BCUT2D eigenvalue weighted by atomic mass is 32.1. The van der Waals surface area contributed by atoms with E-state index in [9.17, 15) is 4.79 Å². The molecular formula is C9H14N4O2S. The number of morpholine rings is 1. The summed E-state index contributed by atoms with van der Waals surface area (Å²) in [6.45, 7) is 4.09. The van der Waals surface area contributed by atoms with E-state index in [0.717, 1.165) is 18.1 Å². The van der Waals surface area contributed by atoms with Crippen molar-refractivity contribution in [3.63, 3.8) is 0 Å². The van der Waals surface area contributed by atoms with Crippen LogP contribution in [0.25, 0.3) is 0 Å². The molecule has 1 aliphatic rings. The van der Waals surface area contributed by atoms with E-state index in [4.69, 9.17) is 4.74 Å². The van der Waals surface area contributed by atoms with E-state index >= 15 is 0 Å². The third-order valence-corrected chi connectivity index (χ3v) is 2.94. The number of nitrogens with one attached hydrogen (secondary N) is 2. The first-order valence-electron chi connectivity index (χ1n) is 5.16. The minimum Gasteiger partial charge on any atom is -0.375 e. The maximum atomic E-state index is 11.6. The Bertz CT molecular complexity index is 362. The molecule has 0 spiro atoms. The fourth-order valence-corrected chi connectivity index (χ4v) is 2.08. The Morgan fingerprint density at radius 2 is 2.56 bits per heavy atom. The maximum absolute atomic E-state index is 11.6. The van der Waals surface area contributed by atoms with Crippen molar-refractivity contribution in [3.05, 3.63) is 5.01 Å². The van der Waals surface area contributed by atoms with Crippen LogP contribution in [0.4, 0.5) is 5.13 Å². The van der Waals surface area contributed by atoms with Crippen molar-refractivity contribution in [2.24, 2.45) is 0 Å². The van der Waals surface area contributed by atoms with Gasteiger partial charge < -0.3 is 15.4 Å². The number of aryl methyl sites for hydroxylation is 1. The van der Waals surface area contributed by atoms with Gasteiger partial charge in [0.15, 0.2) is 0 Å². The zero-order valence-corrected chi connectivity index (χ0v) is 9.84. The summed E-state index contributed by atoms with van der Waals surface area (Å²) in [7, 11) is 0. The first kappa shape index (κ1) is 11.4. The van der Waals surface area contributed by atoms with Gasteiger partial charge in [-0.1, -0.05) is 11.3 Å². The molecule has 88 valence electrons. The predicted octanol–water partition coefficient (Wildman–Crippen LogP) is 0.164. The van der Waals surface area contributed by atoms with Crippen molar-refractivity contribution in [2.75, 3.05) is 25.0 Å². The van der Waals surface area contributed by atoms with E-state index in [1.165, 1.54) is 11.3 Å². The Morgan fingerprint density at radius 3 is 3.19 bits per heavy atom. The number of hydrogen-bond donors (Lipinski definition) is 2. The summed E-state index contributed by atoms with van der Waals surface area (Å²) in [6.07, 6.45) is 0.314. The van der Waals surface area contributed by atoms with Crippen LogP contribution in [0.3, 0.4) is 0 Å². The average Bonchev–Trinajstić information content (AvgIpc) is 2.65. The summed E-state index contributed by atoms with van der Waals surface area (Å²) in [6, 6.07) is 0. The van der Waals surface area contributed by atoms with Gasteiger partial charge in [-0.15, -0.1) is 10.2 Å². The van der Waals surface area contributed by atoms with E-state index in [-0.39, 0.29) is 12.0 Å². The molecule has 0 aliphatic carbocycles. The summed E-state index contributed by atoms with van der Waals surface area (Å²) >= 11 is 1.37. The molecule has 0 bridgehead atoms. The van der Waals surface area contributed by atoms with Gasteiger partial charge in [-0.2, -0.15) is 0 Å². The number of aromatic nitrogens is 2. The number of rotatable bonds is 3. The summed E-state index contributed by atoms with van der Waals surface area (Å²) in [5.74, 6) is -0.0788. The molecule has 1 amide bonds. The summed E-state index contributed by atoms with van der Waals surface area (Å²) < 4.78 is 5.44. The van der Waals surface area contributed by atoms with E-state index in [2.05, 4.69) is 20.8 Å². The normalized spacial score (nSPS) is 20.7. The zero-order valence-electron chi connectivity index (χ0n) is 9.02. The summed E-state index contributed by atoms with van der Waals surface area (Å²) in [5, 5.41) is 14.9. The maximum Gasteiger partial charge on any atom is 0.228 e. The highest BCUT2D eigenvalue weighted by molar-refractivity contribution is 7.15. The van der Waals surface area contributed by atoms with Crippen LogP contribution in [0.15, 0.2) is 0 Å². The van der Waals surface area contributed by atoms with E-state index in [1.54, 1.807) is 0 Å². The first-order chi connectivity index (χ1) is 7.74. The number of hydrogen-bond acceptors (Lipinski definition) is 6. The van der Waals surface area contributed by atoms with Crippen molar-refractivity contribution in [1.82, 2.24) is 15.5 Å². The number of amides is 1. The SMILES string of the molecule is Cc1nnc(NC(=O)CC2CNCCO2)s1. The number of carbonyl (C=O) groups excluding carboxylic acids is 1. The smallest absolute Gasteiger partial charge is 0.228 e. The van der Waals surface area contributed by atoms with E-state index in [0.29, 0.717) is 18.2 Å². The lowest BCUT2D eigenvalue weighted by Crippen LogP contribution is -2.40. The molecule has 6 nitrogen and oxygen atoms in total. The Morgan fingerprint density at radius 1 is 1.69 bits per heavy atom. The van der Waals surface area contributed by atoms with E-state index in [1.807, 2.05) is 6.92 Å². The molecule has 1 aromatic heterocycles. The fourth-order valence-electron chi connectivity index (χ4n) is 1.47. The molecule has 1 aliphatic heterocycles. The minimum absolute atomic E-state index is 0.0391. The van der Waals surface area contributed by atoms with Crippen LogP contribution in [0, 0.1) is 6.92 Å². The Labute approximate surface area is 97.4 Å². The number of anilines is 1. The second-order valence-corrected chi connectivity index (χ2v) is 4.76. The van der Waals surface area contributed by atoms with Gasteiger partial charge in [0, 0.05) is 13.1 Å². The lowest BCUT2D eigenvalue weighted by Gasteiger charge is -2.22. The van der Waals surface area contributed by atoms with Crippen LogP contribution in [-0.4, -0.2) is 41.9 Å². The second-order valence-electron chi connectivity index (χ2n) is 3.58. The summed E-state index contributed by atoms with van der Waals surface area (Å²) in [5.41, 5.74) is 0. The molecule has 1 atom stereocenters. The van der Waals surface area contributed by atoms with Crippen molar-refractivity contribution in [1.29, 1.82) is 0 Å². The lowest BCUT2D eigenvalue weighted by molar-refractivity contribution is -0.119. The van der Waals surface area contributed by atoms with Gasteiger partial charge in [-0.25, -0.2) is 0 Å². The predicted molar refractivity (Wildman–Crippen MR) is 60.5 cm³/mol. The third kappa shape index (κ3) is 3.22. The average molecular weight is 242 g/mol. The quantitative estimate of drug-likeness (QED) is 0.790. The van der Waals surface area contributed by atoms with Crippen LogP contribution in [-0.2, 0) is 9.53 Å². The van der Waals surface area contributed by atoms with E-state index < -0.39 is 0 Å². The molecule has 16 heavy (non-hydrogen) atoms. The van der Waals surface area contributed by atoms with Crippen LogP contribution < -0.4 is 10.6 Å². The molecule has 0 saturated carbocycles. The van der Waals surface area contributed by atoms with Gasteiger partial charge in [-0.05, 0) is 6.92 Å². The molecule has 2 rings (SSSR count). The highest BCUT2D eigenvalue weighted by Crippen LogP contribution is 2.14. The standard InChI is InChI=1S/C9H14N4O2S/c1-6-12-13-9(16-6)11-8(14)4-7-5-10-2-3-15-7/h7,10H,2-5H2,1H3,(H,11,13,14). The van der Waals surface area contributed by atoms with Crippen LogP contribution in [0.5, 0.6) is 0 Å². The van der Waals surface area contributed by atoms with Gasteiger partial charge >= 0.3 is 0 Å². The van der Waals surface area contributed by atoms with Crippen LogP contribution in [0.1, 0.15) is 11.4 Å². The van der Waals surface area contributed by atoms with Gasteiger partial charge in [-0.3, -0.25) is 4.79 Å². The molecule has 1 unspecified atom stereocenters.